The van der Waals surface area contributed by atoms with E-state index in [0.717, 1.165) is 11.3 Å². The van der Waals surface area contributed by atoms with Crippen LogP contribution in [0.4, 0.5) is 30.5 Å². The second kappa shape index (κ2) is 12.2. The molecule has 1 heterocycles. The van der Waals surface area contributed by atoms with Crippen molar-refractivity contribution in [3.05, 3.63) is 66.5 Å². The number of rotatable bonds is 9. The van der Waals surface area contributed by atoms with E-state index in [1.54, 1.807) is 11.9 Å². The predicted molar refractivity (Wildman–Crippen MR) is 137 cm³/mol. The first kappa shape index (κ1) is 26.7. The molecule has 8 nitrogen and oxygen atoms in total. The minimum absolute atomic E-state index is 0.150. The number of alkyl halides is 3. The Labute approximate surface area is 212 Å². The summed E-state index contributed by atoms with van der Waals surface area (Å²) in [5.74, 6) is 0.789. The highest BCUT2D eigenvalue weighted by atomic mass is 32.1. The minimum atomic E-state index is -4.74. The molecule has 0 fully saturated rings. The van der Waals surface area contributed by atoms with E-state index < -0.39 is 6.36 Å². The summed E-state index contributed by atoms with van der Waals surface area (Å²) >= 11 is 5.28. The third kappa shape index (κ3) is 8.08. The van der Waals surface area contributed by atoms with Crippen molar-refractivity contribution in [2.75, 3.05) is 23.9 Å². The number of thiocarbonyl (C=S) groups is 1. The van der Waals surface area contributed by atoms with Crippen molar-refractivity contribution in [3.63, 3.8) is 0 Å². The van der Waals surface area contributed by atoms with E-state index in [2.05, 4.69) is 44.4 Å². The van der Waals surface area contributed by atoms with Gasteiger partial charge in [0.25, 0.3) is 0 Å². The lowest BCUT2D eigenvalue weighted by molar-refractivity contribution is -0.274. The summed E-state index contributed by atoms with van der Waals surface area (Å²) in [4.78, 5) is 10.1. The van der Waals surface area contributed by atoms with Gasteiger partial charge in [0.2, 0.25) is 5.95 Å². The zero-order valence-corrected chi connectivity index (χ0v) is 20.6. The van der Waals surface area contributed by atoms with Crippen LogP contribution in [-0.2, 0) is 0 Å². The largest absolute Gasteiger partial charge is 0.573 e. The molecule has 0 aliphatic rings. The van der Waals surface area contributed by atoms with Gasteiger partial charge in [-0.2, -0.15) is 5.10 Å². The van der Waals surface area contributed by atoms with Gasteiger partial charge in [0.15, 0.2) is 10.9 Å². The second-order valence-corrected chi connectivity index (χ2v) is 8.16. The highest BCUT2D eigenvalue weighted by molar-refractivity contribution is 7.80. The van der Waals surface area contributed by atoms with Crippen molar-refractivity contribution in [2.45, 2.75) is 26.1 Å². The van der Waals surface area contributed by atoms with Crippen LogP contribution in [0.25, 0.3) is 0 Å². The molecule has 1 aromatic heterocycles. The normalized spacial score (nSPS) is 11.4. The Kier molecular flexibility index (Phi) is 9.01. The molecule has 12 heteroatoms. The summed E-state index contributed by atoms with van der Waals surface area (Å²) < 4.78 is 46.3. The Morgan fingerprint density at radius 2 is 1.75 bits per heavy atom. The third-order valence-electron chi connectivity index (χ3n) is 4.79. The summed E-state index contributed by atoms with van der Waals surface area (Å²) in [7, 11) is 1.68. The average molecular weight is 519 g/mol. The number of ether oxygens (including phenoxy) is 2. The fourth-order valence-corrected chi connectivity index (χ4v) is 3.25. The molecule has 2 N–H and O–H groups in total. The average Bonchev–Trinajstić information content (AvgIpc) is 2.83. The number of hydrogen-bond donors (Lipinski definition) is 2. The Balaban J connectivity index is 1.46. The van der Waals surface area contributed by atoms with Gasteiger partial charge in [0.05, 0.1) is 18.6 Å². The SMILES string of the molecule is CC(C)c1ccccc1NC(=S)N/N=C/COc1cnc(N(C)c2ccc(OC(F)(F)F)cc2)nc1. The molecule has 0 bridgehead atoms. The molecule has 190 valence electrons. The van der Waals surface area contributed by atoms with Gasteiger partial charge in [-0.25, -0.2) is 9.97 Å². The summed E-state index contributed by atoms with van der Waals surface area (Å²) in [6.45, 7) is 4.36. The van der Waals surface area contributed by atoms with E-state index in [-0.39, 0.29) is 12.4 Å². The van der Waals surface area contributed by atoms with Gasteiger partial charge < -0.3 is 19.7 Å². The van der Waals surface area contributed by atoms with E-state index >= 15 is 0 Å². The van der Waals surface area contributed by atoms with Gasteiger partial charge >= 0.3 is 6.36 Å². The summed E-state index contributed by atoms with van der Waals surface area (Å²) in [6.07, 6.45) is -0.269. The van der Waals surface area contributed by atoms with Gasteiger partial charge in [0.1, 0.15) is 12.4 Å². The predicted octanol–water partition coefficient (Wildman–Crippen LogP) is 5.62. The van der Waals surface area contributed by atoms with Gasteiger partial charge in [0, 0.05) is 18.4 Å². The number of benzene rings is 2. The number of nitrogens with one attached hydrogen (secondary N) is 2. The van der Waals surface area contributed by atoms with E-state index in [1.165, 1.54) is 42.9 Å². The van der Waals surface area contributed by atoms with Crippen LogP contribution in [0.3, 0.4) is 0 Å². The molecule has 0 spiro atoms. The lowest BCUT2D eigenvalue weighted by Gasteiger charge is -2.18. The first-order valence-corrected chi connectivity index (χ1v) is 11.2. The Hall–Kier alpha value is -3.93. The standard InChI is InChI=1S/C24H25F3N6O2S/c1-16(2)20-6-4-5-7-21(20)31-23(36)32-30-12-13-34-19-14-28-22(29-15-19)33(3)17-8-10-18(11-9-17)35-24(25,26)27/h4-12,14-16H,13H2,1-3H3,(H2,31,32,36)/b30-12+. The number of aromatic nitrogens is 2. The number of halogens is 3. The fraction of sp³-hybridized carbons (Fsp3) is 0.250. The monoisotopic (exact) mass is 518 g/mol. The van der Waals surface area contributed by atoms with Crippen LogP contribution in [0.1, 0.15) is 25.3 Å². The molecule has 0 unspecified atom stereocenters. The molecule has 3 rings (SSSR count). The first-order chi connectivity index (χ1) is 17.1. The van der Waals surface area contributed by atoms with Crippen molar-refractivity contribution < 1.29 is 22.6 Å². The van der Waals surface area contributed by atoms with E-state index in [1.807, 2.05) is 24.3 Å². The minimum Gasteiger partial charge on any atom is -0.485 e. The lowest BCUT2D eigenvalue weighted by atomic mass is 10.0. The number of nitrogens with zero attached hydrogens (tertiary/aromatic N) is 4. The summed E-state index contributed by atoms with van der Waals surface area (Å²) in [5.41, 5.74) is 5.39. The van der Waals surface area contributed by atoms with E-state index in [9.17, 15) is 13.2 Å². The Morgan fingerprint density at radius 3 is 2.39 bits per heavy atom. The molecular weight excluding hydrogens is 493 g/mol. The van der Waals surface area contributed by atoms with Crippen LogP contribution in [-0.4, -0.2) is 41.3 Å². The molecule has 0 aliphatic carbocycles. The lowest BCUT2D eigenvalue weighted by Crippen LogP contribution is -2.25. The van der Waals surface area contributed by atoms with Crippen LogP contribution in [0.5, 0.6) is 11.5 Å². The number of para-hydroxylation sites is 1. The molecule has 3 aromatic rings. The number of anilines is 3. The number of hydrazone groups is 1. The zero-order chi connectivity index (χ0) is 26.1. The second-order valence-electron chi connectivity index (χ2n) is 7.75. The zero-order valence-electron chi connectivity index (χ0n) is 19.8. The molecule has 0 saturated carbocycles. The van der Waals surface area contributed by atoms with E-state index in [4.69, 9.17) is 17.0 Å². The van der Waals surface area contributed by atoms with Gasteiger partial charge in [-0.15, -0.1) is 13.2 Å². The Bertz CT molecular complexity index is 1170. The highest BCUT2D eigenvalue weighted by Crippen LogP contribution is 2.27. The maximum atomic E-state index is 12.3. The molecule has 36 heavy (non-hydrogen) atoms. The molecule has 0 amide bonds. The van der Waals surface area contributed by atoms with Crippen molar-refractivity contribution in [1.82, 2.24) is 15.4 Å². The molecule has 2 aromatic carbocycles. The first-order valence-electron chi connectivity index (χ1n) is 10.8. The molecule has 0 aliphatic heterocycles. The quantitative estimate of drug-likeness (QED) is 0.215. The summed E-state index contributed by atoms with van der Waals surface area (Å²) in [5, 5.41) is 7.52. The highest BCUT2D eigenvalue weighted by Gasteiger charge is 2.31. The van der Waals surface area contributed by atoms with Crippen LogP contribution < -0.4 is 25.1 Å². The Morgan fingerprint density at radius 1 is 1.08 bits per heavy atom. The maximum Gasteiger partial charge on any atom is 0.573 e. The van der Waals surface area contributed by atoms with Crippen LogP contribution in [0.2, 0.25) is 0 Å². The fourth-order valence-electron chi connectivity index (χ4n) is 3.08. The van der Waals surface area contributed by atoms with Crippen LogP contribution in [0.15, 0.2) is 66.0 Å². The number of hydrogen-bond acceptors (Lipinski definition) is 7. The smallest absolute Gasteiger partial charge is 0.485 e. The topological polar surface area (TPSA) is 83.9 Å². The maximum absolute atomic E-state index is 12.3. The third-order valence-corrected chi connectivity index (χ3v) is 4.98. The van der Waals surface area contributed by atoms with Crippen molar-refractivity contribution >= 4 is 40.9 Å². The van der Waals surface area contributed by atoms with Crippen molar-refractivity contribution in [2.24, 2.45) is 5.10 Å². The van der Waals surface area contributed by atoms with Crippen LogP contribution in [0, 0.1) is 0 Å². The van der Waals surface area contributed by atoms with E-state index in [0.29, 0.717) is 28.4 Å². The molecule has 0 atom stereocenters. The van der Waals surface area contributed by atoms with Crippen LogP contribution >= 0.6 is 12.2 Å². The van der Waals surface area contributed by atoms with Gasteiger partial charge in [-0.1, -0.05) is 32.0 Å². The van der Waals surface area contributed by atoms with Crippen molar-refractivity contribution in [3.8, 4) is 11.5 Å². The van der Waals surface area contributed by atoms with Crippen molar-refractivity contribution in [1.29, 1.82) is 0 Å². The summed E-state index contributed by atoms with van der Waals surface area (Å²) in [6, 6.07) is 13.3. The molecular formula is C24H25F3N6O2S. The van der Waals surface area contributed by atoms with Gasteiger partial charge in [-0.05, 0) is 54.0 Å². The molecule has 0 radical (unpaired) electrons. The van der Waals surface area contributed by atoms with Gasteiger partial charge in [-0.3, -0.25) is 5.43 Å². The molecule has 0 saturated heterocycles.